The van der Waals surface area contributed by atoms with Crippen LogP contribution in [0.4, 0.5) is 0 Å². The van der Waals surface area contributed by atoms with Crippen molar-refractivity contribution in [2.45, 2.75) is 43.5 Å². The number of benzene rings is 3. The Morgan fingerprint density at radius 1 is 0.839 bits per heavy atom. The molecule has 1 saturated heterocycles. The molecular formula is C27H30N2OS. The number of likely N-dealkylation sites (tertiary alicyclic amines) is 1. The van der Waals surface area contributed by atoms with Gasteiger partial charge in [-0.25, -0.2) is 0 Å². The quantitative estimate of drug-likeness (QED) is 0.458. The lowest BCUT2D eigenvalue weighted by molar-refractivity contribution is 0.0951. The summed E-state index contributed by atoms with van der Waals surface area (Å²) in [7, 11) is 0. The van der Waals surface area contributed by atoms with E-state index in [0.29, 0.717) is 12.1 Å². The van der Waals surface area contributed by atoms with Crippen molar-refractivity contribution in [1.82, 2.24) is 10.2 Å². The molecule has 1 aliphatic rings. The number of nitrogens with zero attached hydrogens (tertiary/aromatic N) is 1. The number of hydrogen-bond acceptors (Lipinski definition) is 3. The molecule has 0 bridgehead atoms. The van der Waals surface area contributed by atoms with Crippen molar-refractivity contribution in [3.05, 3.63) is 101 Å². The zero-order valence-electron chi connectivity index (χ0n) is 18.1. The molecule has 0 aromatic heterocycles. The molecule has 3 nitrogen and oxygen atoms in total. The number of aryl methyl sites for hydroxylation is 1. The molecule has 3 aromatic rings. The first kappa shape index (κ1) is 21.7. The molecule has 0 radical (unpaired) electrons. The Morgan fingerprint density at radius 3 is 2.13 bits per heavy atom. The van der Waals surface area contributed by atoms with Crippen molar-refractivity contribution >= 4 is 17.7 Å². The van der Waals surface area contributed by atoms with Gasteiger partial charge in [0.25, 0.3) is 5.91 Å². The van der Waals surface area contributed by atoms with E-state index >= 15 is 0 Å². The molecule has 0 saturated carbocycles. The second kappa shape index (κ2) is 10.7. The van der Waals surface area contributed by atoms with Gasteiger partial charge in [-0.15, -0.1) is 11.8 Å². The maximum absolute atomic E-state index is 12.5. The van der Waals surface area contributed by atoms with Gasteiger partial charge >= 0.3 is 0 Å². The SMILES string of the molecule is Cc1ccc(SCc2ccc(C(=O)NCc3ccc(CN4CCCC4)cc3)cc2)cc1. The fraction of sp³-hybridized carbons (Fsp3) is 0.296. The first-order valence-electron chi connectivity index (χ1n) is 11.0. The Balaban J connectivity index is 1.24. The predicted molar refractivity (Wildman–Crippen MR) is 129 cm³/mol. The molecule has 4 heteroatoms. The van der Waals surface area contributed by atoms with E-state index in [-0.39, 0.29) is 5.91 Å². The van der Waals surface area contributed by atoms with Crippen LogP contribution in [0.5, 0.6) is 0 Å². The van der Waals surface area contributed by atoms with Gasteiger partial charge in [0.1, 0.15) is 0 Å². The molecule has 4 rings (SSSR count). The Morgan fingerprint density at radius 2 is 1.45 bits per heavy atom. The molecule has 1 amide bonds. The molecule has 31 heavy (non-hydrogen) atoms. The van der Waals surface area contributed by atoms with Crippen LogP contribution >= 0.6 is 11.8 Å². The molecule has 3 aromatic carbocycles. The topological polar surface area (TPSA) is 32.3 Å². The monoisotopic (exact) mass is 430 g/mol. The average molecular weight is 431 g/mol. The van der Waals surface area contributed by atoms with Gasteiger partial charge in [0.05, 0.1) is 0 Å². The maximum atomic E-state index is 12.5. The highest BCUT2D eigenvalue weighted by Gasteiger charge is 2.11. The minimum absolute atomic E-state index is 0.0288. The highest BCUT2D eigenvalue weighted by atomic mass is 32.2. The third kappa shape index (κ3) is 6.46. The van der Waals surface area contributed by atoms with Crippen LogP contribution < -0.4 is 5.32 Å². The number of rotatable bonds is 8. The summed E-state index contributed by atoms with van der Waals surface area (Å²) in [4.78, 5) is 16.3. The lowest BCUT2D eigenvalue weighted by atomic mass is 10.1. The molecule has 1 heterocycles. The number of hydrogen-bond donors (Lipinski definition) is 1. The van der Waals surface area contributed by atoms with Gasteiger partial charge in [0.15, 0.2) is 0 Å². The molecule has 0 unspecified atom stereocenters. The lowest BCUT2D eigenvalue weighted by Gasteiger charge is -2.14. The van der Waals surface area contributed by atoms with Crippen molar-refractivity contribution in [1.29, 1.82) is 0 Å². The van der Waals surface area contributed by atoms with Gasteiger partial charge in [0.2, 0.25) is 0 Å². The zero-order chi connectivity index (χ0) is 21.5. The predicted octanol–water partition coefficient (Wildman–Crippen LogP) is 5.81. The summed E-state index contributed by atoms with van der Waals surface area (Å²) < 4.78 is 0. The molecule has 0 spiro atoms. The fourth-order valence-corrected chi connectivity index (χ4v) is 4.65. The number of amides is 1. The second-order valence-electron chi connectivity index (χ2n) is 8.28. The first-order valence-corrected chi connectivity index (χ1v) is 12.0. The minimum Gasteiger partial charge on any atom is -0.348 e. The molecular weight excluding hydrogens is 400 g/mol. The molecule has 160 valence electrons. The number of carbonyl (C=O) groups is 1. The highest BCUT2D eigenvalue weighted by Crippen LogP contribution is 2.23. The van der Waals surface area contributed by atoms with Crippen LogP contribution in [0, 0.1) is 6.92 Å². The third-order valence-electron chi connectivity index (χ3n) is 5.72. The third-order valence-corrected chi connectivity index (χ3v) is 6.81. The summed E-state index contributed by atoms with van der Waals surface area (Å²) in [6.07, 6.45) is 2.63. The Hall–Kier alpha value is -2.56. The van der Waals surface area contributed by atoms with E-state index in [1.54, 1.807) is 0 Å². The first-order chi connectivity index (χ1) is 15.2. The van der Waals surface area contributed by atoms with Gasteiger partial charge < -0.3 is 5.32 Å². The van der Waals surface area contributed by atoms with Crippen molar-refractivity contribution in [3.63, 3.8) is 0 Å². The molecule has 1 aliphatic heterocycles. The number of carbonyl (C=O) groups excluding carboxylic acids is 1. The standard InChI is InChI=1S/C27H30N2OS/c1-21-4-14-26(15-5-21)31-20-24-10-12-25(13-11-24)27(30)28-18-22-6-8-23(9-7-22)19-29-16-2-3-17-29/h4-15H,2-3,16-20H2,1H3,(H,28,30). The molecule has 1 N–H and O–H groups in total. The van der Waals surface area contributed by atoms with Crippen molar-refractivity contribution < 1.29 is 4.79 Å². The maximum Gasteiger partial charge on any atom is 0.251 e. The molecule has 1 fully saturated rings. The number of thioether (sulfide) groups is 1. The van der Waals surface area contributed by atoms with Crippen LogP contribution in [-0.4, -0.2) is 23.9 Å². The normalized spacial score (nSPS) is 14.0. The number of nitrogens with one attached hydrogen (secondary N) is 1. The van der Waals surface area contributed by atoms with E-state index in [1.165, 1.54) is 47.5 Å². The van der Waals surface area contributed by atoms with E-state index in [2.05, 4.69) is 65.7 Å². The summed E-state index contributed by atoms with van der Waals surface area (Å²) in [6.45, 7) is 6.10. The van der Waals surface area contributed by atoms with Gasteiger partial charge in [-0.3, -0.25) is 9.69 Å². The van der Waals surface area contributed by atoms with Gasteiger partial charge in [-0.1, -0.05) is 54.1 Å². The van der Waals surface area contributed by atoms with E-state index in [0.717, 1.165) is 17.9 Å². The van der Waals surface area contributed by atoms with E-state index < -0.39 is 0 Å². The minimum atomic E-state index is -0.0288. The van der Waals surface area contributed by atoms with Crippen LogP contribution in [0.25, 0.3) is 0 Å². The zero-order valence-corrected chi connectivity index (χ0v) is 19.0. The summed E-state index contributed by atoms with van der Waals surface area (Å²) in [5.74, 6) is 0.869. The van der Waals surface area contributed by atoms with E-state index in [4.69, 9.17) is 0 Å². The van der Waals surface area contributed by atoms with Crippen molar-refractivity contribution in [2.75, 3.05) is 13.1 Å². The lowest BCUT2D eigenvalue weighted by Crippen LogP contribution is -2.22. The summed E-state index contributed by atoms with van der Waals surface area (Å²) in [5.41, 5.74) is 5.67. The van der Waals surface area contributed by atoms with Crippen LogP contribution in [0.3, 0.4) is 0 Å². The average Bonchev–Trinajstić information content (AvgIpc) is 3.31. The fourth-order valence-electron chi connectivity index (χ4n) is 3.80. The second-order valence-corrected chi connectivity index (χ2v) is 9.33. The largest absolute Gasteiger partial charge is 0.348 e. The molecule has 0 atom stereocenters. The summed E-state index contributed by atoms with van der Waals surface area (Å²) >= 11 is 1.81. The van der Waals surface area contributed by atoms with Crippen LogP contribution in [-0.2, 0) is 18.8 Å². The molecule has 0 aliphatic carbocycles. The van der Waals surface area contributed by atoms with Crippen LogP contribution in [0.1, 0.15) is 45.5 Å². The Bertz CT molecular complexity index is 975. The summed E-state index contributed by atoms with van der Waals surface area (Å²) in [5, 5.41) is 3.04. The van der Waals surface area contributed by atoms with Gasteiger partial charge in [0, 0.05) is 29.3 Å². The Kier molecular flexibility index (Phi) is 7.44. The Labute approximate surface area is 189 Å². The van der Waals surface area contributed by atoms with Crippen LogP contribution in [0.2, 0.25) is 0 Å². The van der Waals surface area contributed by atoms with Crippen molar-refractivity contribution in [2.24, 2.45) is 0 Å². The van der Waals surface area contributed by atoms with Gasteiger partial charge in [-0.2, -0.15) is 0 Å². The van der Waals surface area contributed by atoms with E-state index in [9.17, 15) is 4.79 Å². The smallest absolute Gasteiger partial charge is 0.251 e. The summed E-state index contributed by atoms with van der Waals surface area (Å²) in [6, 6.07) is 25.1. The van der Waals surface area contributed by atoms with Gasteiger partial charge in [-0.05, 0) is 73.8 Å². The van der Waals surface area contributed by atoms with E-state index in [1.807, 2.05) is 36.0 Å². The highest BCUT2D eigenvalue weighted by molar-refractivity contribution is 7.98. The van der Waals surface area contributed by atoms with Crippen molar-refractivity contribution in [3.8, 4) is 0 Å². The van der Waals surface area contributed by atoms with Crippen LogP contribution in [0.15, 0.2) is 77.7 Å².